The highest BCUT2D eigenvalue weighted by molar-refractivity contribution is 5.75. The minimum absolute atomic E-state index is 0.0746. The third-order valence-corrected chi connectivity index (χ3v) is 5.96. The van der Waals surface area contributed by atoms with Crippen molar-refractivity contribution in [1.29, 1.82) is 0 Å². The molecule has 2 aliphatic rings. The lowest BCUT2D eigenvalue weighted by Gasteiger charge is -2.44. The van der Waals surface area contributed by atoms with Crippen LogP contribution in [-0.2, 0) is 4.79 Å². The van der Waals surface area contributed by atoms with Gasteiger partial charge in [-0.25, -0.2) is 4.39 Å². The van der Waals surface area contributed by atoms with Crippen LogP contribution in [0.5, 0.6) is 5.75 Å². The zero-order valence-corrected chi connectivity index (χ0v) is 14.5. The molecule has 138 valence electrons. The van der Waals surface area contributed by atoms with E-state index in [2.05, 4.69) is 0 Å². The molecule has 0 amide bonds. The molecular weight excluding hydrogens is 326 g/mol. The smallest absolute Gasteiger partial charge is 0.313 e. The Bertz CT molecular complexity index is 605. The molecule has 0 saturated heterocycles. The number of halogens is 2. The van der Waals surface area contributed by atoms with Crippen LogP contribution in [0.15, 0.2) is 18.2 Å². The van der Waals surface area contributed by atoms with E-state index in [1.54, 1.807) is 0 Å². The summed E-state index contributed by atoms with van der Waals surface area (Å²) in [4.78, 5) is 12.3. The Morgan fingerprint density at radius 3 is 2.36 bits per heavy atom. The molecule has 5 heteroatoms. The lowest BCUT2D eigenvalue weighted by Crippen LogP contribution is -2.51. The molecule has 0 aromatic heterocycles. The first-order valence-corrected chi connectivity index (χ1v) is 9.39. The van der Waals surface area contributed by atoms with E-state index in [0.717, 1.165) is 57.4 Å². The highest BCUT2D eigenvalue weighted by Crippen LogP contribution is 2.47. The normalized spacial score (nSPS) is 22.3. The number of carbonyl (C=O) groups is 1. The molecule has 0 bridgehead atoms. The van der Waals surface area contributed by atoms with Gasteiger partial charge in [-0.15, -0.1) is 0 Å². The molecule has 2 aliphatic carbocycles. The second-order valence-corrected chi connectivity index (χ2v) is 7.51. The number of hydrogen-bond donors (Lipinski definition) is 1. The van der Waals surface area contributed by atoms with E-state index in [9.17, 15) is 18.7 Å². The van der Waals surface area contributed by atoms with Gasteiger partial charge in [-0.1, -0.05) is 44.6 Å². The van der Waals surface area contributed by atoms with Crippen LogP contribution in [0.25, 0.3) is 0 Å². The number of ether oxygens (including phenoxy) is 1. The Morgan fingerprint density at radius 1 is 1.08 bits per heavy atom. The van der Waals surface area contributed by atoms with E-state index in [0.29, 0.717) is 12.8 Å². The summed E-state index contributed by atoms with van der Waals surface area (Å²) in [5.74, 6) is -2.94. The fraction of sp³-hybridized carbons (Fsp3) is 0.650. The number of rotatable bonds is 5. The van der Waals surface area contributed by atoms with Gasteiger partial charge in [0.1, 0.15) is 11.5 Å². The molecule has 2 saturated carbocycles. The molecular formula is C20H26F2O3. The van der Waals surface area contributed by atoms with E-state index in [-0.39, 0.29) is 11.7 Å². The van der Waals surface area contributed by atoms with Gasteiger partial charge < -0.3 is 9.84 Å². The first-order chi connectivity index (χ1) is 12.0. The summed E-state index contributed by atoms with van der Waals surface area (Å²) in [6.07, 6.45) is 8.14. The predicted octanol–water partition coefficient (Wildman–Crippen LogP) is 5.33. The molecule has 1 unspecified atom stereocenters. The van der Waals surface area contributed by atoms with Crippen molar-refractivity contribution in [2.24, 2.45) is 11.3 Å². The number of carboxylic acids is 1. The maximum atomic E-state index is 14.2. The number of carboxylic acid groups (broad SMARTS) is 1. The minimum atomic E-state index is -1.03. The third-order valence-electron chi connectivity index (χ3n) is 5.96. The molecule has 1 N–H and O–H groups in total. The van der Waals surface area contributed by atoms with E-state index in [1.807, 2.05) is 0 Å². The second kappa shape index (κ2) is 7.71. The minimum Gasteiger partial charge on any atom is -0.486 e. The third kappa shape index (κ3) is 3.65. The molecule has 0 aliphatic heterocycles. The van der Waals surface area contributed by atoms with Crippen LogP contribution in [0, 0.1) is 23.0 Å². The van der Waals surface area contributed by atoms with Gasteiger partial charge in [0.25, 0.3) is 0 Å². The van der Waals surface area contributed by atoms with Crippen LogP contribution >= 0.6 is 0 Å². The second-order valence-electron chi connectivity index (χ2n) is 7.51. The zero-order chi connectivity index (χ0) is 17.9. The van der Waals surface area contributed by atoms with Crippen molar-refractivity contribution in [3.8, 4) is 5.75 Å². The summed E-state index contributed by atoms with van der Waals surface area (Å²) < 4.78 is 33.7. The highest BCUT2D eigenvalue weighted by Gasteiger charge is 2.51. The summed E-state index contributed by atoms with van der Waals surface area (Å²) in [5.41, 5.74) is -1.00. The predicted molar refractivity (Wildman–Crippen MR) is 90.5 cm³/mol. The molecule has 0 radical (unpaired) electrons. The van der Waals surface area contributed by atoms with Crippen LogP contribution < -0.4 is 4.74 Å². The average Bonchev–Trinajstić information content (AvgIpc) is 2.64. The van der Waals surface area contributed by atoms with Crippen LogP contribution in [0.1, 0.15) is 64.2 Å². The van der Waals surface area contributed by atoms with Gasteiger partial charge in [0, 0.05) is 0 Å². The van der Waals surface area contributed by atoms with E-state index >= 15 is 0 Å². The first kappa shape index (κ1) is 18.2. The van der Waals surface area contributed by atoms with Crippen molar-refractivity contribution in [1.82, 2.24) is 0 Å². The maximum absolute atomic E-state index is 14.2. The van der Waals surface area contributed by atoms with Gasteiger partial charge in [0.05, 0.1) is 0 Å². The molecule has 1 aromatic rings. The number of benzene rings is 1. The van der Waals surface area contributed by atoms with E-state index in [4.69, 9.17) is 4.74 Å². The topological polar surface area (TPSA) is 46.5 Å². The summed E-state index contributed by atoms with van der Waals surface area (Å²) in [6, 6.07) is 3.85. The van der Waals surface area contributed by atoms with Crippen LogP contribution in [0.2, 0.25) is 0 Å². The van der Waals surface area contributed by atoms with Gasteiger partial charge in [0.15, 0.2) is 11.6 Å². The lowest BCUT2D eigenvalue weighted by atomic mass is 9.64. The summed E-state index contributed by atoms with van der Waals surface area (Å²) in [6.45, 7) is 0. The van der Waals surface area contributed by atoms with Gasteiger partial charge >= 0.3 is 5.97 Å². The standard InChI is InChI=1S/C20H26F2O3/c21-15-10-7-11-16(17(15)22)25-18(14-8-3-1-4-9-14)20(19(23)24)12-5-2-6-13-20/h7,10-11,14,18H,1-6,8-9,12-13H2,(H,23,24). The van der Waals surface area contributed by atoms with Crippen LogP contribution in [0.3, 0.4) is 0 Å². The van der Waals surface area contributed by atoms with Crippen molar-refractivity contribution in [2.75, 3.05) is 0 Å². The summed E-state index contributed by atoms with van der Waals surface area (Å²) in [7, 11) is 0. The van der Waals surface area contributed by atoms with Crippen molar-refractivity contribution in [2.45, 2.75) is 70.3 Å². The van der Waals surface area contributed by atoms with Crippen molar-refractivity contribution >= 4 is 5.97 Å². The van der Waals surface area contributed by atoms with Crippen molar-refractivity contribution in [3.63, 3.8) is 0 Å². The lowest BCUT2D eigenvalue weighted by molar-refractivity contribution is -0.162. The zero-order valence-electron chi connectivity index (χ0n) is 14.5. The number of hydrogen-bond acceptors (Lipinski definition) is 2. The average molecular weight is 352 g/mol. The number of aliphatic carboxylic acids is 1. The summed E-state index contributed by atoms with van der Waals surface area (Å²) in [5, 5.41) is 10.0. The van der Waals surface area contributed by atoms with Gasteiger partial charge in [-0.05, 0) is 43.7 Å². The molecule has 0 spiro atoms. The Labute approximate surface area is 147 Å². The van der Waals surface area contributed by atoms with Crippen LogP contribution in [-0.4, -0.2) is 17.2 Å². The molecule has 3 rings (SSSR count). The van der Waals surface area contributed by atoms with Crippen molar-refractivity contribution in [3.05, 3.63) is 29.8 Å². The molecule has 2 fully saturated rings. The first-order valence-electron chi connectivity index (χ1n) is 9.39. The van der Waals surface area contributed by atoms with Gasteiger partial charge in [-0.3, -0.25) is 4.79 Å². The van der Waals surface area contributed by atoms with E-state index in [1.165, 1.54) is 12.1 Å². The largest absolute Gasteiger partial charge is 0.486 e. The quantitative estimate of drug-likeness (QED) is 0.779. The Balaban J connectivity index is 1.96. The molecule has 0 heterocycles. The SMILES string of the molecule is O=C(O)C1(C(Oc2cccc(F)c2F)C2CCCCC2)CCCCC1. The Kier molecular flexibility index (Phi) is 5.60. The van der Waals surface area contributed by atoms with Crippen LogP contribution in [0.4, 0.5) is 8.78 Å². The summed E-state index contributed by atoms with van der Waals surface area (Å²) >= 11 is 0. The van der Waals surface area contributed by atoms with Gasteiger partial charge in [0.2, 0.25) is 5.82 Å². The fourth-order valence-corrected chi connectivity index (χ4v) is 4.61. The Hall–Kier alpha value is -1.65. The van der Waals surface area contributed by atoms with Crippen molar-refractivity contribution < 1.29 is 23.4 Å². The molecule has 25 heavy (non-hydrogen) atoms. The molecule has 1 aromatic carbocycles. The molecule has 1 atom stereocenters. The monoisotopic (exact) mass is 352 g/mol. The Morgan fingerprint density at radius 2 is 1.72 bits per heavy atom. The molecule has 3 nitrogen and oxygen atoms in total. The maximum Gasteiger partial charge on any atom is 0.313 e. The highest BCUT2D eigenvalue weighted by atomic mass is 19.2. The van der Waals surface area contributed by atoms with Gasteiger partial charge in [-0.2, -0.15) is 4.39 Å². The fourth-order valence-electron chi connectivity index (χ4n) is 4.61. The van der Waals surface area contributed by atoms with E-state index < -0.39 is 29.1 Å².